The minimum atomic E-state index is 0.541. The van der Waals surface area contributed by atoms with E-state index in [0.717, 1.165) is 11.4 Å². The summed E-state index contributed by atoms with van der Waals surface area (Å²) in [5.74, 6) is 0. The fourth-order valence-electron chi connectivity index (χ4n) is 1.32. The molecule has 0 bridgehead atoms. The van der Waals surface area contributed by atoms with Crippen molar-refractivity contribution in [3.8, 4) is 0 Å². The summed E-state index contributed by atoms with van der Waals surface area (Å²) in [5.41, 5.74) is 2.03. The van der Waals surface area contributed by atoms with Gasteiger partial charge in [-0.05, 0) is 24.3 Å². The van der Waals surface area contributed by atoms with Crippen LogP contribution in [0.2, 0.25) is 0 Å². The molecule has 1 aromatic carbocycles. The first kappa shape index (κ1) is 15.0. The predicted octanol–water partition coefficient (Wildman–Crippen LogP) is 2.76. The summed E-state index contributed by atoms with van der Waals surface area (Å²) in [7, 11) is 9.97. The molecule has 0 spiro atoms. The second kappa shape index (κ2) is 7.41. The fraction of sp³-hybridized carbons (Fsp3) is 0.429. The van der Waals surface area contributed by atoms with Crippen LogP contribution < -0.4 is 4.90 Å². The summed E-state index contributed by atoms with van der Waals surface area (Å²) < 4.78 is 0. The molecular formula is C14H23N5. The maximum absolute atomic E-state index is 4.19. The van der Waals surface area contributed by atoms with Gasteiger partial charge in [0.05, 0.1) is 5.69 Å². The first-order valence-electron chi connectivity index (χ1n) is 6.19. The van der Waals surface area contributed by atoms with Crippen molar-refractivity contribution in [3.63, 3.8) is 0 Å². The van der Waals surface area contributed by atoms with Gasteiger partial charge in [-0.3, -0.25) is 0 Å². The number of hydrogen-bond acceptors (Lipinski definition) is 5. The van der Waals surface area contributed by atoms with Crippen molar-refractivity contribution in [2.45, 2.75) is 0 Å². The van der Waals surface area contributed by atoms with Gasteiger partial charge in [0.1, 0.15) is 6.67 Å². The van der Waals surface area contributed by atoms with Gasteiger partial charge in [-0.1, -0.05) is 0 Å². The quantitative estimate of drug-likeness (QED) is 0.738. The van der Waals surface area contributed by atoms with E-state index >= 15 is 0 Å². The monoisotopic (exact) mass is 261 g/mol. The van der Waals surface area contributed by atoms with Crippen LogP contribution in [0.15, 0.2) is 46.9 Å². The molecule has 5 heteroatoms. The Balaban J connectivity index is 2.48. The highest BCUT2D eigenvalue weighted by atomic mass is 15.2. The Bertz CT molecular complexity index is 420. The second-order valence-corrected chi connectivity index (χ2v) is 4.81. The van der Waals surface area contributed by atoms with E-state index < -0.39 is 0 Å². The number of nitrogens with zero attached hydrogens (tertiary/aromatic N) is 5. The van der Waals surface area contributed by atoms with Gasteiger partial charge in [0, 0.05) is 53.3 Å². The highest BCUT2D eigenvalue weighted by Gasteiger charge is 1.94. The van der Waals surface area contributed by atoms with Crippen LogP contribution in [0, 0.1) is 0 Å². The zero-order chi connectivity index (χ0) is 14.3. The molecule has 0 N–H and O–H groups in total. The van der Waals surface area contributed by atoms with Gasteiger partial charge in [-0.25, -0.2) is 0 Å². The molecule has 0 radical (unpaired) electrons. The third-order valence-electron chi connectivity index (χ3n) is 2.46. The lowest BCUT2D eigenvalue weighted by Crippen LogP contribution is -2.12. The Morgan fingerprint density at radius 3 is 2.11 bits per heavy atom. The maximum Gasteiger partial charge on any atom is 0.131 e. The van der Waals surface area contributed by atoms with E-state index in [4.69, 9.17) is 0 Å². The van der Waals surface area contributed by atoms with E-state index in [1.165, 1.54) is 0 Å². The molecule has 0 saturated heterocycles. The van der Waals surface area contributed by atoms with Crippen LogP contribution in [0.25, 0.3) is 0 Å². The highest BCUT2D eigenvalue weighted by molar-refractivity contribution is 5.51. The van der Waals surface area contributed by atoms with Gasteiger partial charge < -0.3 is 14.7 Å². The van der Waals surface area contributed by atoms with E-state index in [9.17, 15) is 0 Å². The van der Waals surface area contributed by atoms with Crippen molar-refractivity contribution < 1.29 is 0 Å². The summed E-state index contributed by atoms with van der Waals surface area (Å²) in [4.78, 5) is 6.01. The van der Waals surface area contributed by atoms with Crippen LogP contribution in [0.3, 0.4) is 0 Å². The second-order valence-electron chi connectivity index (χ2n) is 4.81. The Labute approximate surface area is 115 Å². The van der Waals surface area contributed by atoms with Gasteiger partial charge in [0.25, 0.3) is 0 Å². The summed E-state index contributed by atoms with van der Waals surface area (Å²) in [6, 6.07) is 8.00. The molecule has 0 atom stereocenters. The molecule has 0 aliphatic rings. The van der Waals surface area contributed by atoms with Crippen molar-refractivity contribution in [2.24, 2.45) is 10.2 Å². The van der Waals surface area contributed by atoms with Crippen LogP contribution in [0.5, 0.6) is 0 Å². The molecule has 0 aromatic heterocycles. The molecule has 104 valence electrons. The van der Waals surface area contributed by atoms with Crippen molar-refractivity contribution in [1.29, 1.82) is 0 Å². The third-order valence-corrected chi connectivity index (χ3v) is 2.46. The molecule has 0 fully saturated rings. The summed E-state index contributed by atoms with van der Waals surface area (Å²) in [6.45, 7) is 0.541. The highest BCUT2D eigenvalue weighted by Crippen LogP contribution is 2.18. The molecule has 0 aliphatic heterocycles. The normalized spacial score (nSPS) is 11.2. The number of hydrogen-bond donors (Lipinski definition) is 0. The molecule has 1 rings (SSSR count). The predicted molar refractivity (Wildman–Crippen MR) is 80.7 cm³/mol. The number of anilines is 1. The van der Waals surface area contributed by atoms with Crippen LogP contribution >= 0.6 is 0 Å². The van der Waals surface area contributed by atoms with E-state index in [-0.39, 0.29) is 0 Å². The van der Waals surface area contributed by atoms with E-state index in [0.29, 0.717) is 6.67 Å². The molecule has 0 aliphatic carbocycles. The zero-order valence-electron chi connectivity index (χ0n) is 12.4. The Hall–Kier alpha value is -2.04. The summed E-state index contributed by atoms with van der Waals surface area (Å²) >= 11 is 0. The average Bonchev–Trinajstić information content (AvgIpc) is 2.37. The Morgan fingerprint density at radius 2 is 1.58 bits per heavy atom. The van der Waals surface area contributed by atoms with Gasteiger partial charge in [0.2, 0.25) is 0 Å². The molecule has 0 amide bonds. The average molecular weight is 261 g/mol. The smallest absolute Gasteiger partial charge is 0.131 e. The Kier molecular flexibility index (Phi) is 5.85. The molecule has 0 saturated carbocycles. The third kappa shape index (κ3) is 5.90. The number of azo groups is 1. The van der Waals surface area contributed by atoms with E-state index in [1.54, 1.807) is 0 Å². The number of benzene rings is 1. The summed E-state index contributed by atoms with van der Waals surface area (Å²) in [5, 5.41) is 8.35. The first-order chi connectivity index (χ1) is 8.99. The van der Waals surface area contributed by atoms with Crippen LogP contribution in [0.4, 0.5) is 11.4 Å². The lowest BCUT2D eigenvalue weighted by atomic mass is 10.3. The lowest BCUT2D eigenvalue weighted by Gasteiger charge is -2.12. The minimum Gasteiger partial charge on any atom is -0.382 e. The summed E-state index contributed by atoms with van der Waals surface area (Å²) in [6.07, 6.45) is 3.94. The largest absolute Gasteiger partial charge is 0.382 e. The molecule has 1 aromatic rings. The Morgan fingerprint density at radius 1 is 0.947 bits per heavy atom. The van der Waals surface area contributed by atoms with Crippen molar-refractivity contribution in [2.75, 3.05) is 46.8 Å². The van der Waals surface area contributed by atoms with E-state index in [1.807, 2.05) is 81.7 Å². The first-order valence-corrected chi connectivity index (χ1v) is 6.19. The van der Waals surface area contributed by atoms with Crippen LogP contribution in [-0.4, -0.2) is 51.7 Å². The minimum absolute atomic E-state index is 0.541. The fourth-order valence-corrected chi connectivity index (χ4v) is 1.32. The van der Waals surface area contributed by atoms with E-state index in [2.05, 4.69) is 15.1 Å². The van der Waals surface area contributed by atoms with Crippen molar-refractivity contribution in [3.05, 3.63) is 36.7 Å². The van der Waals surface area contributed by atoms with Crippen LogP contribution in [0.1, 0.15) is 0 Å². The molecular weight excluding hydrogens is 238 g/mol. The topological polar surface area (TPSA) is 34.4 Å². The molecule has 0 unspecified atom stereocenters. The molecule has 5 nitrogen and oxygen atoms in total. The number of rotatable bonds is 6. The van der Waals surface area contributed by atoms with Crippen molar-refractivity contribution >= 4 is 11.4 Å². The van der Waals surface area contributed by atoms with Gasteiger partial charge in [0.15, 0.2) is 0 Å². The molecule has 0 heterocycles. The molecule has 19 heavy (non-hydrogen) atoms. The van der Waals surface area contributed by atoms with Crippen molar-refractivity contribution in [1.82, 2.24) is 9.80 Å². The van der Waals surface area contributed by atoms with Gasteiger partial charge >= 0.3 is 0 Å². The standard InChI is InChI=1S/C14H23N5/c1-17(2)10-11-19(5)12-15-16-13-6-8-14(9-7-13)18(3)4/h6-11H,12H2,1-5H3/b11-10-,16-15?. The maximum atomic E-state index is 4.19. The van der Waals surface area contributed by atoms with Gasteiger partial charge in [-0.15, -0.1) is 0 Å². The van der Waals surface area contributed by atoms with Crippen LogP contribution in [-0.2, 0) is 0 Å². The lowest BCUT2D eigenvalue weighted by molar-refractivity contribution is 0.445. The zero-order valence-corrected chi connectivity index (χ0v) is 12.4. The SMILES string of the molecule is CN(C)/C=C\N(C)CN=Nc1ccc(N(C)C)cc1. The van der Waals surface area contributed by atoms with Gasteiger partial charge in [-0.2, -0.15) is 10.2 Å².